The van der Waals surface area contributed by atoms with Gasteiger partial charge in [-0.3, -0.25) is 4.79 Å². The van der Waals surface area contributed by atoms with Crippen LogP contribution in [0.1, 0.15) is 29.0 Å². The van der Waals surface area contributed by atoms with E-state index in [9.17, 15) is 4.79 Å². The Morgan fingerprint density at radius 1 is 1.23 bits per heavy atom. The number of fused-ring (bicyclic) bond motifs is 6. The summed E-state index contributed by atoms with van der Waals surface area (Å²) < 4.78 is 5.91. The molecule has 5 rings (SSSR count). The molecule has 4 heteroatoms. The lowest BCUT2D eigenvalue weighted by Crippen LogP contribution is -2.39. The van der Waals surface area contributed by atoms with Crippen LogP contribution in [0.15, 0.2) is 28.7 Å². The fraction of sp³-hybridized carbons (Fsp3) is 0.500. The normalized spacial score (nSPS) is 32.9. The van der Waals surface area contributed by atoms with Gasteiger partial charge in [0.2, 0.25) is 0 Å². The molecule has 4 nitrogen and oxygen atoms in total. The SMILES string of the molecule is Cc1cccc2cc(C(=O)N3[C@@H]4CC[C@H]3[C@H]3CNC[C@H]34)oc12. The van der Waals surface area contributed by atoms with Crippen LogP contribution in [-0.2, 0) is 0 Å². The standard InChI is InChI=1S/C18H20N2O2/c1-10-3-2-4-11-7-16(22-17(10)11)18(21)20-14-5-6-15(20)13-9-19-8-12(13)14/h2-4,7,12-15,19H,5-6,8-9H2,1H3/t12-,13+,14-,15+. The second-order valence-electron chi connectivity index (χ2n) is 7.01. The number of carbonyl (C=O) groups excluding carboxylic acids is 1. The molecule has 1 N–H and O–H groups in total. The Morgan fingerprint density at radius 3 is 2.64 bits per heavy atom. The number of aryl methyl sites for hydroxylation is 1. The molecule has 0 aliphatic carbocycles. The van der Waals surface area contributed by atoms with E-state index in [1.807, 2.05) is 31.2 Å². The van der Waals surface area contributed by atoms with Crippen LogP contribution in [0.4, 0.5) is 0 Å². The molecule has 22 heavy (non-hydrogen) atoms. The van der Waals surface area contributed by atoms with Gasteiger partial charge in [0.05, 0.1) is 0 Å². The maximum Gasteiger partial charge on any atom is 0.290 e. The van der Waals surface area contributed by atoms with E-state index in [0.29, 0.717) is 29.7 Å². The average molecular weight is 296 g/mol. The van der Waals surface area contributed by atoms with Gasteiger partial charge in [-0.1, -0.05) is 18.2 Å². The summed E-state index contributed by atoms with van der Waals surface area (Å²) in [6.07, 6.45) is 2.30. The van der Waals surface area contributed by atoms with E-state index in [2.05, 4.69) is 10.2 Å². The number of nitrogens with zero attached hydrogens (tertiary/aromatic N) is 1. The summed E-state index contributed by atoms with van der Waals surface area (Å²) in [5.74, 6) is 1.90. The van der Waals surface area contributed by atoms with Crippen LogP contribution in [0, 0.1) is 18.8 Å². The van der Waals surface area contributed by atoms with Gasteiger partial charge in [-0.2, -0.15) is 0 Å². The quantitative estimate of drug-likeness (QED) is 0.879. The highest BCUT2D eigenvalue weighted by Gasteiger charge is 2.56. The molecule has 1 aromatic heterocycles. The fourth-order valence-corrected chi connectivity index (χ4v) is 5.01. The van der Waals surface area contributed by atoms with Crippen molar-refractivity contribution in [3.8, 4) is 0 Å². The lowest BCUT2D eigenvalue weighted by atomic mass is 9.82. The van der Waals surface area contributed by atoms with Crippen molar-refractivity contribution in [1.82, 2.24) is 10.2 Å². The van der Waals surface area contributed by atoms with Gasteiger partial charge in [-0.25, -0.2) is 0 Å². The Morgan fingerprint density at radius 2 is 1.95 bits per heavy atom. The molecule has 1 amide bonds. The number of benzene rings is 1. The molecule has 0 saturated carbocycles. The molecule has 1 aromatic carbocycles. The molecule has 2 aromatic rings. The predicted molar refractivity (Wildman–Crippen MR) is 83.8 cm³/mol. The molecule has 0 spiro atoms. The number of rotatable bonds is 1. The van der Waals surface area contributed by atoms with Crippen molar-refractivity contribution < 1.29 is 9.21 Å². The van der Waals surface area contributed by atoms with E-state index in [0.717, 1.165) is 42.5 Å². The number of hydrogen-bond acceptors (Lipinski definition) is 3. The van der Waals surface area contributed by atoms with Crippen molar-refractivity contribution in [3.63, 3.8) is 0 Å². The first-order chi connectivity index (χ1) is 10.7. The Kier molecular flexibility index (Phi) is 2.51. The van der Waals surface area contributed by atoms with Crippen molar-refractivity contribution in [2.24, 2.45) is 11.8 Å². The van der Waals surface area contributed by atoms with E-state index >= 15 is 0 Å². The lowest BCUT2D eigenvalue weighted by Gasteiger charge is -2.23. The number of hydrogen-bond donors (Lipinski definition) is 1. The van der Waals surface area contributed by atoms with Gasteiger partial charge < -0.3 is 14.6 Å². The van der Waals surface area contributed by atoms with Crippen LogP contribution in [0.2, 0.25) is 0 Å². The molecular weight excluding hydrogens is 276 g/mol. The lowest BCUT2D eigenvalue weighted by molar-refractivity contribution is 0.0679. The third kappa shape index (κ3) is 1.53. The van der Waals surface area contributed by atoms with Gasteiger partial charge in [-0.15, -0.1) is 0 Å². The number of nitrogens with one attached hydrogen (secondary N) is 1. The van der Waals surface area contributed by atoms with Gasteiger partial charge in [0.25, 0.3) is 5.91 Å². The van der Waals surface area contributed by atoms with Crippen molar-refractivity contribution in [2.45, 2.75) is 31.8 Å². The van der Waals surface area contributed by atoms with Gasteiger partial charge in [-0.05, 0) is 43.2 Å². The van der Waals surface area contributed by atoms with Crippen molar-refractivity contribution >= 4 is 16.9 Å². The van der Waals surface area contributed by atoms with Crippen LogP contribution >= 0.6 is 0 Å². The van der Waals surface area contributed by atoms with Gasteiger partial charge in [0.15, 0.2) is 5.76 Å². The van der Waals surface area contributed by atoms with E-state index in [4.69, 9.17) is 4.42 Å². The molecule has 2 bridgehead atoms. The zero-order chi connectivity index (χ0) is 14.8. The van der Waals surface area contributed by atoms with Gasteiger partial charge in [0.1, 0.15) is 5.58 Å². The molecule has 4 atom stereocenters. The number of para-hydroxylation sites is 1. The molecule has 114 valence electrons. The second kappa shape index (κ2) is 4.35. The predicted octanol–water partition coefficient (Wildman–Crippen LogP) is 2.56. The van der Waals surface area contributed by atoms with Gasteiger partial charge >= 0.3 is 0 Å². The minimum atomic E-state index is 0.0949. The smallest absolute Gasteiger partial charge is 0.290 e. The third-order valence-corrected chi connectivity index (χ3v) is 5.96. The van der Waals surface area contributed by atoms with Crippen LogP contribution in [0.3, 0.4) is 0 Å². The zero-order valence-corrected chi connectivity index (χ0v) is 12.7. The highest BCUT2D eigenvalue weighted by atomic mass is 16.3. The van der Waals surface area contributed by atoms with Crippen LogP contribution < -0.4 is 5.32 Å². The minimum Gasteiger partial charge on any atom is -0.451 e. The zero-order valence-electron chi connectivity index (χ0n) is 12.7. The Bertz CT molecular complexity index is 748. The monoisotopic (exact) mass is 296 g/mol. The number of amides is 1. The summed E-state index contributed by atoms with van der Waals surface area (Å²) in [6.45, 7) is 4.15. The molecule has 0 radical (unpaired) electrons. The Hall–Kier alpha value is -1.81. The number of furan rings is 1. The largest absolute Gasteiger partial charge is 0.451 e. The summed E-state index contributed by atoms with van der Waals surface area (Å²) in [5.41, 5.74) is 1.93. The summed E-state index contributed by atoms with van der Waals surface area (Å²) in [7, 11) is 0. The molecular formula is C18H20N2O2. The van der Waals surface area contributed by atoms with E-state index in [1.54, 1.807) is 0 Å². The molecule has 3 saturated heterocycles. The topological polar surface area (TPSA) is 45.5 Å². The van der Waals surface area contributed by atoms with Crippen molar-refractivity contribution in [2.75, 3.05) is 13.1 Å². The highest BCUT2D eigenvalue weighted by molar-refractivity contribution is 5.97. The van der Waals surface area contributed by atoms with Crippen LogP contribution in [-0.4, -0.2) is 36.0 Å². The molecule has 4 heterocycles. The molecule has 3 aliphatic heterocycles. The van der Waals surface area contributed by atoms with E-state index in [-0.39, 0.29) is 5.91 Å². The highest BCUT2D eigenvalue weighted by Crippen LogP contribution is 2.48. The first kappa shape index (κ1) is 12.7. The maximum atomic E-state index is 13.0. The Labute approximate surface area is 129 Å². The minimum absolute atomic E-state index is 0.0949. The summed E-state index contributed by atoms with van der Waals surface area (Å²) in [6, 6.07) is 8.78. The molecule has 3 aliphatic rings. The summed E-state index contributed by atoms with van der Waals surface area (Å²) >= 11 is 0. The van der Waals surface area contributed by atoms with E-state index < -0.39 is 0 Å². The first-order valence-electron chi connectivity index (χ1n) is 8.26. The second-order valence-corrected chi connectivity index (χ2v) is 7.01. The van der Waals surface area contributed by atoms with E-state index in [1.165, 1.54) is 0 Å². The first-order valence-corrected chi connectivity index (χ1v) is 8.26. The molecule has 3 fully saturated rings. The third-order valence-electron chi connectivity index (χ3n) is 5.96. The average Bonchev–Trinajstić information content (AvgIpc) is 3.26. The van der Waals surface area contributed by atoms with Crippen molar-refractivity contribution in [1.29, 1.82) is 0 Å². The van der Waals surface area contributed by atoms with Gasteiger partial charge in [0, 0.05) is 30.6 Å². The molecule has 0 unspecified atom stereocenters. The Balaban J connectivity index is 1.53. The van der Waals surface area contributed by atoms with Crippen LogP contribution in [0.25, 0.3) is 11.0 Å². The van der Waals surface area contributed by atoms with Crippen molar-refractivity contribution in [3.05, 3.63) is 35.6 Å². The number of carbonyl (C=O) groups is 1. The fourth-order valence-electron chi connectivity index (χ4n) is 5.01. The van der Waals surface area contributed by atoms with Crippen LogP contribution in [0.5, 0.6) is 0 Å². The summed E-state index contributed by atoms with van der Waals surface area (Å²) in [5, 5.41) is 4.52. The summed E-state index contributed by atoms with van der Waals surface area (Å²) in [4.78, 5) is 15.2. The maximum absolute atomic E-state index is 13.0.